The average Bonchev–Trinajstić information content (AvgIpc) is 2.34. The lowest BCUT2D eigenvalue weighted by Crippen LogP contribution is -2.28. The second-order valence-corrected chi connectivity index (χ2v) is 4.82. The van der Waals surface area contributed by atoms with Crippen molar-refractivity contribution in [3.8, 4) is 0 Å². The van der Waals surface area contributed by atoms with Crippen LogP contribution in [0.15, 0.2) is 24.3 Å². The standard InChI is InChI=1S/C14H23ClN2/c1-3-9-17(4-2)10-8-14(16)12-6-5-7-13(15)11-12/h5-7,11,14H,3-4,8-10,16H2,1-2H3. The predicted molar refractivity (Wildman–Crippen MR) is 75.4 cm³/mol. The number of hydrogen-bond donors (Lipinski definition) is 1. The van der Waals surface area contributed by atoms with E-state index in [2.05, 4.69) is 18.7 Å². The van der Waals surface area contributed by atoms with Gasteiger partial charge in [-0.25, -0.2) is 0 Å². The van der Waals surface area contributed by atoms with E-state index < -0.39 is 0 Å². The highest BCUT2D eigenvalue weighted by atomic mass is 35.5. The van der Waals surface area contributed by atoms with E-state index in [4.69, 9.17) is 17.3 Å². The van der Waals surface area contributed by atoms with Crippen LogP contribution in [-0.4, -0.2) is 24.5 Å². The Balaban J connectivity index is 2.46. The number of halogens is 1. The molecule has 1 atom stereocenters. The van der Waals surface area contributed by atoms with Crippen LogP contribution in [0.2, 0.25) is 5.02 Å². The molecule has 0 aliphatic carbocycles. The lowest BCUT2D eigenvalue weighted by Gasteiger charge is -2.21. The van der Waals surface area contributed by atoms with Crippen LogP contribution in [0.1, 0.15) is 38.3 Å². The number of hydrogen-bond acceptors (Lipinski definition) is 2. The van der Waals surface area contributed by atoms with E-state index in [-0.39, 0.29) is 6.04 Å². The number of benzene rings is 1. The van der Waals surface area contributed by atoms with Crippen LogP contribution in [0.3, 0.4) is 0 Å². The molecule has 0 saturated heterocycles. The van der Waals surface area contributed by atoms with Gasteiger partial charge in [0.25, 0.3) is 0 Å². The van der Waals surface area contributed by atoms with E-state index in [1.165, 1.54) is 6.42 Å². The molecule has 1 aromatic rings. The summed E-state index contributed by atoms with van der Waals surface area (Å²) in [5.74, 6) is 0. The topological polar surface area (TPSA) is 29.3 Å². The van der Waals surface area contributed by atoms with Crippen molar-refractivity contribution in [3.05, 3.63) is 34.9 Å². The van der Waals surface area contributed by atoms with Crippen LogP contribution in [0.4, 0.5) is 0 Å². The average molecular weight is 255 g/mol. The lowest BCUT2D eigenvalue weighted by atomic mass is 10.0. The molecule has 2 nitrogen and oxygen atoms in total. The Kier molecular flexibility index (Phi) is 6.56. The van der Waals surface area contributed by atoms with Gasteiger partial charge in [-0.15, -0.1) is 0 Å². The molecule has 3 heteroatoms. The molecule has 1 unspecified atom stereocenters. The minimum absolute atomic E-state index is 0.0830. The fourth-order valence-electron chi connectivity index (χ4n) is 1.97. The number of nitrogens with two attached hydrogens (primary N) is 1. The summed E-state index contributed by atoms with van der Waals surface area (Å²) in [6, 6.07) is 7.93. The molecule has 0 heterocycles. The Labute approximate surface area is 110 Å². The van der Waals surface area contributed by atoms with Crippen molar-refractivity contribution < 1.29 is 0 Å². The van der Waals surface area contributed by atoms with Gasteiger partial charge in [-0.05, 0) is 50.2 Å². The van der Waals surface area contributed by atoms with E-state index in [9.17, 15) is 0 Å². The smallest absolute Gasteiger partial charge is 0.0409 e. The zero-order chi connectivity index (χ0) is 12.7. The SMILES string of the molecule is CCCN(CC)CCC(N)c1cccc(Cl)c1. The highest BCUT2D eigenvalue weighted by Crippen LogP contribution is 2.18. The van der Waals surface area contributed by atoms with Gasteiger partial charge in [0.2, 0.25) is 0 Å². The van der Waals surface area contributed by atoms with Crippen LogP contribution in [0, 0.1) is 0 Å². The quantitative estimate of drug-likeness (QED) is 0.808. The molecule has 0 aliphatic heterocycles. The lowest BCUT2D eigenvalue weighted by molar-refractivity contribution is 0.277. The van der Waals surface area contributed by atoms with Crippen molar-refractivity contribution >= 4 is 11.6 Å². The summed E-state index contributed by atoms with van der Waals surface area (Å²) in [5, 5.41) is 0.763. The van der Waals surface area contributed by atoms with Gasteiger partial charge in [0.1, 0.15) is 0 Å². The summed E-state index contributed by atoms with van der Waals surface area (Å²) in [5.41, 5.74) is 7.31. The second-order valence-electron chi connectivity index (χ2n) is 4.38. The maximum absolute atomic E-state index is 6.18. The molecule has 96 valence electrons. The van der Waals surface area contributed by atoms with Crippen LogP contribution >= 0.6 is 11.6 Å². The summed E-state index contributed by atoms with van der Waals surface area (Å²) in [4.78, 5) is 2.43. The molecule has 0 radical (unpaired) electrons. The van der Waals surface area contributed by atoms with Crippen LogP contribution in [0.5, 0.6) is 0 Å². The molecule has 17 heavy (non-hydrogen) atoms. The van der Waals surface area contributed by atoms with Crippen molar-refractivity contribution in [2.75, 3.05) is 19.6 Å². The third-order valence-corrected chi connectivity index (χ3v) is 3.26. The predicted octanol–water partition coefficient (Wildman–Crippen LogP) is 3.46. The largest absolute Gasteiger partial charge is 0.324 e. The van der Waals surface area contributed by atoms with Crippen molar-refractivity contribution in [2.45, 2.75) is 32.7 Å². The van der Waals surface area contributed by atoms with Crippen LogP contribution in [0.25, 0.3) is 0 Å². The Bertz CT molecular complexity index is 328. The first kappa shape index (κ1) is 14.5. The van der Waals surface area contributed by atoms with Gasteiger partial charge in [0, 0.05) is 11.1 Å². The van der Waals surface area contributed by atoms with E-state index in [0.29, 0.717) is 0 Å². The fourth-order valence-corrected chi connectivity index (χ4v) is 2.17. The summed E-state index contributed by atoms with van der Waals surface area (Å²) in [6.07, 6.45) is 2.18. The Hall–Kier alpha value is -0.570. The fraction of sp³-hybridized carbons (Fsp3) is 0.571. The summed E-state index contributed by atoms with van der Waals surface area (Å²) >= 11 is 5.96. The first-order chi connectivity index (χ1) is 8.17. The monoisotopic (exact) mass is 254 g/mol. The molecule has 1 rings (SSSR count). The van der Waals surface area contributed by atoms with Gasteiger partial charge in [-0.3, -0.25) is 0 Å². The minimum Gasteiger partial charge on any atom is -0.324 e. The van der Waals surface area contributed by atoms with E-state index in [1.54, 1.807) is 0 Å². The van der Waals surface area contributed by atoms with Gasteiger partial charge >= 0.3 is 0 Å². The number of nitrogens with zero attached hydrogens (tertiary/aromatic N) is 1. The van der Waals surface area contributed by atoms with Gasteiger partial charge in [-0.2, -0.15) is 0 Å². The normalized spacial score (nSPS) is 13.0. The van der Waals surface area contributed by atoms with Gasteiger partial charge in [-0.1, -0.05) is 37.6 Å². The van der Waals surface area contributed by atoms with Gasteiger partial charge in [0.05, 0.1) is 0 Å². The molecule has 0 amide bonds. The molecule has 0 spiro atoms. The van der Waals surface area contributed by atoms with Crippen molar-refractivity contribution in [3.63, 3.8) is 0 Å². The minimum atomic E-state index is 0.0830. The molecule has 0 saturated carbocycles. The first-order valence-electron chi connectivity index (χ1n) is 6.40. The summed E-state index contributed by atoms with van der Waals surface area (Å²) < 4.78 is 0. The number of rotatable bonds is 7. The third kappa shape index (κ3) is 5.07. The van der Waals surface area contributed by atoms with E-state index >= 15 is 0 Å². The van der Waals surface area contributed by atoms with Crippen molar-refractivity contribution in [1.82, 2.24) is 4.90 Å². The molecule has 0 aliphatic rings. The van der Waals surface area contributed by atoms with Crippen molar-refractivity contribution in [2.24, 2.45) is 5.73 Å². The van der Waals surface area contributed by atoms with Gasteiger partial charge in [0.15, 0.2) is 0 Å². The zero-order valence-electron chi connectivity index (χ0n) is 10.8. The first-order valence-corrected chi connectivity index (χ1v) is 6.78. The van der Waals surface area contributed by atoms with E-state index in [1.807, 2.05) is 24.3 Å². The molecule has 0 bridgehead atoms. The molecule has 1 aromatic carbocycles. The van der Waals surface area contributed by atoms with Crippen molar-refractivity contribution in [1.29, 1.82) is 0 Å². The maximum atomic E-state index is 6.18. The Morgan fingerprint density at radius 1 is 1.29 bits per heavy atom. The molecular formula is C14H23ClN2. The highest BCUT2D eigenvalue weighted by molar-refractivity contribution is 6.30. The molecule has 2 N–H and O–H groups in total. The second kappa shape index (κ2) is 7.70. The Morgan fingerprint density at radius 2 is 2.06 bits per heavy atom. The van der Waals surface area contributed by atoms with Gasteiger partial charge < -0.3 is 10.6 Å². The molecule has 0 aromatic heterocycles. The highest BCUT2D eigenvalue weighted by Gasteiger charge is 2.08. The summed E-state index contributed by atoms with van der Waals surface area (Å²) in [6.45, 7) is 7.70. The molecular weight excluding hydrogens is 232 g/mol. The Morgan fingerprint density at radius 3 is 2.65 bits per heavy atom. The van der Waals surface area contributed by atoms with E-state index in [0.717, 1.165) is 36.6 Å². The molecule has 0 fully saturated rings. The van der Waals surface area contributed by atoms with Crippen LogP contribution in [-0.2, 0) is 0 Å². The third-order valence-electron chi connectivity index (χ3n) is 3.02. The summed E-state index contributed by atoms with van der Waals surface area (Å²) in [7, 11) is 0. The maximum Gasteiger partial charge on any atom is 0.0409 e. The van der Waals surface area contributed by atoms with Crippen LogP contribution < -0.4 is 5.73 Å². The zero-order valence-corrected chi connectivity index (χ0v) is 11.6.